The maximum atomic E-state index is 12.1. The van der Waals surface area contributed by atoms with Gasteiger partial charge in [-0.3, -0.25) is 9.59 Å². The summed E-state index contributed by atoms with van der Waals surface area (Å²) in [5.74, 6) is -1.52. The van der Waals surface area contributed by atoms with Crippen LogP contribution < -0.4 is 5.32 Å². The number of nitrogens with zero attached hydrogens (tertiary/aromatic N) is 1. The fourth-order valence-corrected chi connectivity index (χ4v) is 2.19. The predicted molar refractivity (Wildman–Crippen MR) is 76.5 cm³/mol. The number of benzene rings is 1. The van der Waals surface area contributed by atoms with Crippen molar-refractivity contribution in [2.75, 3.05) is 5.32 Å². The van der Waals surface area contributed by atoms with E-state index >= 15 is 0 Å². The number of carbonyl (C=O) groups excluding carboxylic acids is 1. The normalized spacial score (nSPS) is 10.3. The first kappa shape index (κ1) is 14.4. The molecule has 5 nitrogen and oxygen atoms in total. The van der Waals surface area contributed by atoms with Gasteiger partial charge in [-0.2, -0.15) is 0 Å². The van der Waals surface area contributed by atoms with E-state index in [1.54, 1.807) is 24.3 Å². The molecular weight excluding hydrogens is 303 g/mol. The molecule has 0 saturated heterocycles. The van der Waals surface area contributed by atoms with E-state index in [0.29, 0.717) is 15.7 Å². The van der Waals surface area contributed by atoms with E-state index in [9.17, 15) is 9.59 Å². The number of hydrogen-bond acceptors (Lipinski definition) is 2. The largest absolute Gasteiger partial charge is 0.480 e. The van der Waals surface area contributed by atoms with Crippen LogP contribution in [0.2, 0.25) is 10.0 Å². The van der Waals surface area contributed by atoms with Gasteiger partial charge < -0.3 is 15.0 Å². The van der Waals surface area contributed by atoms with Crippen molar-refractivity contribution in [3.05, 3.63) is 52.3 Å². The van der Waals surface area contributed by atoms with Gasteiger partial charge in [-0.15, -0.1) is 0 Å². The smallest absolute Gasteiger partial charge is 0.323 e. The third-order valence-corrected chi connectivity index (χ3v) is 3.20. The van der Waals surface area contributed by atoms with Gasteiger partial charge in [-0.1, -0.05) is 29.3 Å². The van der Waals surface area contributed by atoms with Gasteiger partial charge in [0.2, 0.25) is 0 Å². The molecule has 0 spiro atoms. The molecule has 1 amide bonds. The monoisotopic (exact) mass is 312 g/mol. The van der Waals surface area contributed by atoms with E-state index in [1.807, 2.05) is 0 Å². The highest BCUT2D eigenvalue weighted by atomic mass is 35.5. The van der Waals surface area contributed by atoms with Crippen molar-refractivity contribution >= 4 is 40.8 Å². The molecular formula is C13H10Cl2N2O3. The standard InChI is InChI=1S/C13H10Cl2N2O3/c14-8-3-1-4-9(15)12(8)16-13(20)10-5-2-6-17(10)7-11(18)19/h1-6H,7H2,(H,16,20)(H,18,19). The van der Waals surface area contributed by atoms with Crippen LogP contribution in [0.25, 0.3) is 0 Å². The zero-order chi connectivity index (χ0) is 14.7. The minimum Gasteiger partial charge on any atom is -0.480 e. The lowest BCUT2D eigenvalue weighted by Crippen LogP contribution is -2.19. The second kappa shape index (κ2) is 5.98. The number of carbonyl (C=O) groups is 2. The number of amides is 1. The molecule has 2 N–H and O–H groups in total. The maximum absolute atomic E-state index is 12.1. The SMILES string of the molecule is O=C(O)Cn1cccc1C(=O)Nc1c(Cl)cccc1Cl. The molecule has 0 aliphatic heterocycles. The molecule has 0 aliphatic carbocycles. The second-order valence-corrected chi connectivity index (χ2v) is 4.78. The van der Waals surface area contributed by atoms with Crippen LogP contribution in [0, 0.1) is 0 Å². The van der Waals surface area contributed by atoms with Gasteiger partial charge in [0.25, 0.3) is 5.91 Å². The van der Waals surface area contributed by atoms with Crippen LogP contribution in [0.15, 0.2) is 36.5 Å². The Labute approximate surface area is 124 Å². The number of carboxylic acids is 1. The summed E-state index contributed by atoms with van der Waals surface area (Å²) >= 11 is 11.9. The third-order valence-electron chi connectivity index (χ3n) is 2.57. The number of halogens is 2. The Morgan fingerprint density at radius 3 is 2.40 bits per heavy atom. The number of hydrogen-bond donors (Lipinski definition) is 2. The highest BCUT2D eigenvalue weighted by Gasteiger charge is 2.15. The lowest BCUT2D eigenvalue weighted by atomic mass is 10.3. The van der Waals surface area contributed by atoms with E-state index in [4.69, 9.17) is 28.3 Å². The Kier molecular flexibility index (Phi) is 4.32. The number of aliphatic carboxylic acids is 1. The molecule has 0 atom stereocenters. The summed E-state index contributed by atoms with van der Waals surface area (Å²) in [7, 11) is 0. The number of rotatable bonds is 4. The van der Waals surface area contributed by atoms with E-state index in [0.717, 1.165) is 0 Å². The van der Waals surface area contributed by atoms with Crippen LogP contribution >= 0.6 is 23.2 Å². The predicted octanol–water partition coefficient (Wildman–Crippen LogP) is 3.13. The minimum absolute atomic E-state index is 0.211. The van der Waals surface area contributed by atoms with Crippen molar-refractivity contribution in [3.8, 4) is 0 Å². The van der Waals surface area contributed by atoms with Crippen LogP contribution in [0.1, 0.15) is 10.5 Å². The van der Waals surface area contributed by atoms with Crippen molar-refractivity contribution in [3.63, 3.8) is 0 Å². The summed E-state index contributed by atoms with van der Waals surface area (Å²) in [6.07, 6.45) is 1.51. The fraction of sp³-hybridized carbons (Fsp3) is 0.0769. The van der Waals surface area contributed by atoms with Gasteiger partial charge in [-0.05, 0) is 24.3 Å². The summed E-state index contributed by atoms with van der Waals surface area (Å²) < 4.78 is 1.32. The van der Waals surface area contributed by atoms with Gasteiger partial charge in [0.05, 0.1) is 15.7 Å². The number of aromatic nitrogens is 1. The zero-order valence-electron chi connectivity index (χ0n) is 10.1. The zero-order valence-corrected chi connectivity index (χ0v) is 11.6. The average Bonchev–Trinajstić information content (AvgIpc) is 2.81. The molecule has 2 rings (SSSR count). The van der Waals surface area contributed by atoms with Gasteiger partial charge in [0.15, 0.2) is 0 Å². The molecule has 0 radical (unpaired) electrons. The average molecular weight is 313 g/mol. The van der Waals surface area contributed by atoms with Crippen LogP contribution in [0.3, 0.4) is 0 Å². The van der Waals surface area contributed by atoms with Crippen LogP contribution in [-0.4, -0.2) is 21.6 Å². The summed E-state index contributed by atoms with van der Waals surface area (Å²) in [6, 6.07) is 7.96. The van der Waals surface area contributed by atoms with Gasteiger partial charge >= 0.3 is 5.97 Å². The van der Waals surface area contributed by atoms with Crippen LogP contribution in [-0.2, 0) is 11.3 Å². The van der Waals surface area contributed by atoms with Crippen molar-refractivity contribution < 1.29 is 14.7 Å². The van der Waals surface area contributed by atoms with Crippen molar-refractivity contribution in [2.45, 2.75) is 6.54 Å². The van der Waals surface area contributed by atoms with Crippen molar-refractivity contribution in [1.29, 1.82) is 0 Å². The highest BCUT2D eigenvalue weighted by Crippen LogP contribution is 2.30. The Morgan fingerprint density at radius 1 is 1.15 bits per heavy atom. The van der Waals surface area contributed by atoms with E-state index < -0.39 is 11.9 Å². The molecule has 0 bridgehead atoms. The number of nitrogens with one attached hydrogen (secondary N) is 1. The molecule has 0 saturated carbocycles. The fourth-order valence-electron chi connectivity index (χ4n) is 1.70. The van der Waals surface area contributed by atoms with E-state index in [1.165, 1.54) is 16.8 Å². The van der Waals surface area contributed by atoms with Gasteiger partial charge in [-0.25, -0.2) is 0 Å². The molecule has 1 heterocycles. The first-order chi connectivity index (χ1) is 9.49. The lowest BCUT2D eigenvalue weighted by Gasteiger charge is -2.10. The Hall–Kier alpha value is -1.98. The summed E-state index contributed by atoms with van der Waals surface area (Å²) in [5.41, 5.74) is 0.507. The lowest BCUT2D eigenvalue weighted by molar-refractivity contribution is -0.137. The summed E-state index contributed by atoms with van der Waals surface area (Å²) in [6.45, 7) is -0.300. The third kappa shape index (κ3) is 3.12. The molecule has 20 heavy (non-hydrogen) atoms. The molecule has 0 aliphatic rings. The van der Waals surface area contributed by atoms with Crippen molar-refractivity contribution in [1.82, 2.24) is 4.57 Å². The number of anilines is 1. The quantitative estimate of drug-likeness (QED) is 0.911. The molecule has 0 fully saturated rings. The second-order valence-electron chi connectivity index (χ2n) is 3.97. The number of para-hydroxylation sites is 1. The molecule has 1 aromatic carbocycles. The van der Waals surface area contributed by atoms with E-state index in [-0.39, 0.29) is 12.2 Å². The molecule has 0 unspecified atom stereocenters. The first-order valence-electron chi connectivity index (χ1n) is 5.61. The van der Waals surface area contributed by atoms with Crippen LogP contribution in [0.5, 0.6) is 0 Å². The maximum Gasteiger partial charge on any atom is 0.323 e. The topological polar surface area (TPSA) is 71.3 Å². The first-order valence-corrected chi connectivity index (χ1v) is 6.37. The summed E-state index contributed by atoms with van der Waals surface area (Å²) in [5, 5.41) is 12.0. The number of carboxylic acid groups (broad SMARTS) is 1. The van der Waals surface area contributed by atoms with Gasteiger partial charge in [0.1, 0.15) is 12.2 Å². The molecule has 2 aromatic rings. The molecule has 7 heteroatoms. The van der Waals surface area contributed by atoms with Crippen LogP contribution in [0.4, 0.5) is 5.69 Å². The van der Waals surface area contributed by atoms with Crippen molar-refractivity contribution in [2.24, 2.45) is 0 Å². The Morgan fingerprint density at radius 2 is 1.80 bits per heavy atom. The molecule has 1 aromatic heterocycles. The highest BCUT2D eigenvalue weighted by molar-refractivity contribution is 6.40. The van der Waals surface area contributed by atoms with Gasteiger partial charge in [0, 0.05) is 6.20 Å². The minimum atomic E-state index is -1.04. The van der Waals surface area contributed by atoms with E-state index in [2.05, 4.69) is 5.32 Å². The Bertz CT molecular complexity index is 647. The Balaban J connectivity index is 2.25. The molecule has 104 valence electrons. The summed E-state index contributed by atoms with van der Waals surface area (Å²) in [4.78, 5) is 22.9.